The molecule has 0 heterocycles. The average molecular weight is 255 g/mol. The summed E-state index contributed by atoms with van der Waals surface area (Å²) in [5.74, 6) is 0.312. The Hall–Kier alpha value is -2.59. The number of nitriles is 1. The van der Waals surface area contributed by atoms with E-state index in [1.807, 2.05) is 12.1 Å². The number of benzene rings is 3. The van der Waals surface area contributed by atoms with Crippen molar-refractivity contribution in [2.75, 3.05) is 0 Å². The Morgan fingerprint density at radius 1 is 0.900 bits per heavy atom. The van der Waals surface area contributed by atoms with Crippen LogP contribution in [-0.2, 0) is 6.42 Å². The van der Waals surface area contributed by atoms with Gasteiger partial charge in [-0.3, -0.25) is 0 Å². The maximum absolute atomic E-state index is 9.45. The molecule has 0 amide bonds. The van der Waals surface area contributed by atoms with Crippen LogP contribution in [0.3, 0.4) is 0 Å². The summed E-state index contributed by atoms with van der Waals surface area (Å²) in [6, 6.07) is 23.3. The molecule has 0 radical (unpaired) electrons. The van der Waals surface area contributed by atoms with Crippen molar-refractivity contribution in [3.05, 3.63) is 82.9 Å². The standard InChI is InChI=1S/C19H13N/c20-12-16-10-9-14-7-4-8-15-11-17(19(16)18(14)15)13-5-2-1-3-6-13/h1-10,17H,11H2/t17-/m0/s1. The van der Waals surface area contributed by atoms with E-state index in [0.29, 0.717) is 5.92 Å². The predicted molar refractivity (Wildman–Crippen MR) is 80.7 cm³/mol. The van der Waals surface area contributed by atoms with Gasteiger partial charge in [0.05, 0.1) is 11.6 Å². The van der Waals surface area contributed by atoms with Crippen molar-refractivity contribution in [2.45, 2.75) is 12.3 Å². The van der Waals surface area contributed by atoms with Crippen LogP contribution in [0.1, 0.15) is 28.2 Å². The first kappa shape index (κ1) is 11.3. The zero-order chi connectivity index (χ0) is 13.5. The van der Waals surface area contributed by atoms with Gasteiger partial charge in [0.25, 0.3) is 0 Å². The quantitative estimate of drug-likeness (QED) is 0.632. The van der Waals surface area contributed by atoms with E-state index >= 15 is 0 Å². The predicted octanol–water partition coefficient (Wildman–Crippen LogP) is 4.40. The maximum Gasteiger partial charge on any atom is 0.0994 e. The van der Waals surface area contributed by atoms with Gasteiger partial charge in [0.15, 0.2) is 0 Å². The molecule has 0 aliphatic heterocycles. The highest BCUT2D eigenvalue weighted by Gasteiger charge is 2.28. The molecule has 0 saturated heterocycles. The van der Waals surface area contributed by atoms with Crippen LogP contribution in [0.5, 0.6) is 0 Å². The van der Waals surface area contributed by atoms with Crippen molar-refractivity contribution in [2.24, 2.45) is 0 Å². The lowest BCUT2D eigenvalue weighted by molar-refractivity contribution is 0.845. The number of hydrogen-bond donors (Lipinski definition) is 0. The molecule has 0 fully saturated rings. The molecule has 0 unspecified atom stereocenters. The first-order valence-corrected chi connectivity index (χ1v) is 6.88. The highest BCUT2D eigenvalue weighted by molar-refractivity contribution is 5.93. The van der Waals surface area contributed by atoms with E-state index in [1.165, 1.54) is 27.5 Å². The first-order chi connectivity index (χ1) is 9.88. The van der Waals surface area contributed by atoms with Crippen molar-refractivity contribution in [3.63, 3.8) is 0 Å². The van der Waals surface area contributed by atoms with Crippen molar-refractivity contribution >= 4 is 10.8 Å². The summed E-state index contributed by atoms with van der Waals surface area (Å²) in [6.45, 7) is 0. The SMILES string of the molecule is N#Cc1ccc2cccc3c2c1[C@H](c1ccccc1)C3. The zero-order valence-electron chi connectivity index (χ0n) is 11.0. The fourth-order valence-electron chi connectivity index (χ4n) is 3.41. The zero-order valence-corrected chi connectivity index (χ0v) is 11.0. The van der Waals surface area contributed by atoms with Crippen LogP contribution >= 0.6 is 0 Å². The third kappa shape index (κ3) is 1.49. The lowest BCUT2D eigenvalue weighted by atomic mass is 9.89. The summed E-state index contributed by atoms with van der Waals surface area (Å²) < 4.78 is 0. The number of nitrogens with zero attached hydrogens (tertiary/aromatic N) is 1. The molecular formula is C19H13N. The summed E-state index contributed by atoms with van der Waals surface area (Å²) in [5.41, 5.74) is 4.69. The Bertz CT molecular complexity index is 841. The molecule has 0 N–H and O–H groups in total. The molecule has 0 spiro atoms. The largest absolute Gasteiger partial charge is 0.192 e. The Morgan fingerprint density at radius 3 is 2.55 bits per heavy atom. The molecule has 1 nitrogen and oxygen atoms in total. The van der Waals surface area contributed by atoms with Gasteiger partial charge in [-0.1, -0.05) is 54.6 Å². The summed E-state index contributed by atoms with van der Waals surface area (Å²) >= 11 is 0. The second-order valence-corrected chi connectivity index (χ2v) is 5.32. The van der Waals surface area contributed by atoms with Crippen LogP contribution in [0.15, 0.2) is 60.7 Å². The minimum atomic E-state index is 0.312. The molecule has 0 saturated carbocycles. The lowest BCUT2D eigenvalue weighted by Gasteiger charge is -2.13. The van der Waals surface area contributed by atoms with Crippen LogP contribution < -0.4 is 0 Å². The monoisotopic (exact) mass is 255 g/mol. The van der Waals surface area contributed by atoms with Gasteiger partial charge in [0, 0.05) is 5.92 Å². The fourth-order valence-corrected chi connectivity index (χ4v) is 3.41. The van der Waals surface area contributed by atoms with Gasteiger partial charge in [-0.2, -0.15) is 5.26 Å². The Kier molecular flexibility index (Phi) is 2.37. The van der Waals surface area contributed by atoms with Crippen molar-refractivity contribution in [3.8, 4) is 6.07 Å². The molecule has 0 aromatic heterocycles. The van der Waals surface area contributed by atoms with Crippen LogP contribution in [-0.4, -0.2) is 0 Å². The average Bonchev–Trinajstić information content (AvgIpc) is 2.91. The van der Waals surface area contributed by atoms with Gasteiger partial charge in [0.1, 0.15) is 0 Å². The lowest BCUT2D eigenvalue weighted by Crippen LogP contribution is -2.00. The van der Waals surface area contributed by atoms with E-state index in [9.17, 15) is 5.26 Å². The highest BCUT2D eigenvalue weighted by atomic mass is 14.3. The molecule has 20 heavy (non-hydrogen) atoms. The summed E-state index contributed by atoms with van der Waals surface area (Å²) in [7, 11) is 0. The van der Waals surface area contributed by atoms with Crippen LogP contribution in [0.4, 0.5) is 0 Å². The fraction of sp³-hybridized carbons (Fsp3) is 0.105. The summed E-state index contributed by atoms with van der Waals surface area (Å²) in [4.78, 5) is 0. The van der Waals surface area contributed by atoms with Crippen LogP contribution in [0.2, 0.25) is 0 Å². The van der Waals surface area contributed by atoms with Gasteiger partial charge >= 0.3 is 0 Å². The number of rotatable bonds is 1. The smallest absolute Gasteiger partial charge is 0.0994 e. The molecule has 1 aliphatic rings. The van der Waals surface area contributed by atoms with Crippen LogP contribution in [0, 0.1) is 11.3 Å². The molecule has 94 valence electrons. The van der Waals surface area contributed by atoms with Gasteiger partial charge < -0.3 is 0 Å². The Balaban J connectivity index is 2.04. The third-order valence-electron chi connectivity index (χ3n) is 4.27. The first-order valence-electron chi connectivity index (χ1n) is 6.88. The van der Waals surface area contributed by atoms with E-state index in [-0.39, 0.29) is 0 Å². The van der Waals surface area contributed by atoms with Crippen molar-refractivity contribution in [1.82, 2.24) is 0 Å². The van der Waals surface area contributed by atoms with Gasteiger partial charge in [-0.05, 0) is 39.9 Å². The second-order valence-electron chi connectivity index (χ2n) is 5.32. The second kappa shape index (κ2) is 4.21. The van der Waals surface area contributed by atoms with Crippen molar-refractivity contribution < 1.29 is 0 Å². The van der Waals surface area contributed by atoms with E-state index < -0.39 is 0 Å². The van der Waals surface area contributed by atoms with Gasteiger partial charge in [0.2, 0.25) is 0 Å². The van der Waals surface area contributed by atoms with E-state index in [4.69, 9.17) is 0 Å². The molecule has 4 rings (SSSR count). The molecule has 1 atom stereocenters. The van der Waals surface area contributed by atoms with Gasteiger partial charge in [-0.25, -0.2) is 0 Å². The van der Waals surface area contributed by atoms with E-state index in [1.54, 1.807) is 0 Å². The minimum Gasteiger partial charge on any atom is -0.192 e. The van der Waals surface area contributed by atoms with E-state index in [2.05, 4.69) is 54.6 Å². The molecule has 3 aromatic rings. The van der Waals surface area contributed by atoms with Gasteiger partial charge in [-0.15, -0.1) is 0 Å². The summed E-state index contributed by atoms with van der Waals surface area (Å²) in [5, 5.41) is 12.0. The topological polar surface area (TPSA) is 23.8 Å². The third-order valence-corrected chi connectivity index (χ3v) is 4.27. The van der Waals surface area contributed by atoms with E-state index in [0.717, 1.165) is 12.0 Å². The molecule has 3 aromatic carbocycles. The molecular weight excluding hydrogens is 242 g/mol. The number of hydrogen-bond acceptors (Lipinski definition) is 1. The maximum atomic E-state index is 9.45. The molecule has 1 aliphatic carbocycles. The van der Waals surface area contributed by atoms with Crippen molar-refractivity contribution in [1.29, 1.82) is 5.26 Å². The molecule has 1 heteroatoms. The highest BCUT2D eigenvalue weighted by Crippen LogP contribution is 2.43. The normalized spacial score (nSPS) is 16.2. The molecule has 0 bridgehead atoms. The summed E-state index contributed by atoms with van der Waals surface area (Å²) in [6.07, 6.45) is 0.995. The van der Waals surface area contributed by atoms with Crippen LogP contribution in [0.25, 0.3) is 10.8 Å². The Morgan fingerprint density at radius 2 is 1.75 bits per heavy atom. The Labute approximate surface area is 118 Å². The minimum absolute atomic E-state index is 0.312.